The predicted octanol–water partition coefficient (Wildman–Crippen LogP) is 4.16. The van der Waals surface area contributed by atoms with Crippen LogP contribution in [0.4, 0.5) is 5.69 Å². The Hall–Kier alpha value is -3.82. The summed E-state index contributed by atoms with van der Waals surface area (Å²) in [5.74, 6) is -2.13. The third kappa shape index (κ3) is 7.33. The number of non-ortho nitro benzene ring substituents is 1. The minimum Gasteiger partial charge on any atom is -0.489 e. The zero-order valence-electron chi connectivity index (χ0n) is 20.1. The number of rotatable bonds is 14. The molecule has 0 N–H and O–H groups in total. The number of hydrogen-bond donors (Lipinski definition) is 0. The summed E-state index contributed by atoms with van der Waals surface area (Å²) in [6.07, 6.45) is 4.89. The lowest BCUT2D eigenvalue weighted by atomic mass is 9.88. The van der Waals surface area contributed by atoms with Gasteiger partial charge in [-0.05, 0) is 31.9 Å². The summed E-state index contributed by atoms with van der Waals surface area (Å²) < 4.78 is 15.1. The van der Waals surface area contributed by atoms with E-state index < -0.39 is 22.5 Å². The standard InChI is InChI=1S/C25H29NO9/c1-16-21(23(30)25(34-3)24(33-2)22(16)29)19(27)10-8-6-4-5-7-9-11-20(28)35-18-14-12-17(13-15-18)26(31)32/h12-15H,4-11H2,1-3H3. The minimum absolute atomic E-state index is 0.0678. The maximum atomic E-state index is 12.6. The second-order valence-electron chi connectivity index (χ2n) is 7.99. The number of unbranched alkanes of at least 4 members (excludes halogenated alkanes) is 5. The van der Waals surface area contributed by atoms with Crippen LogP contribution in [0.2, 0.25) is 0 Å². The van der Waals surface area contributed by atoms with Crippen molar-refractivity contribution in [3.8, 4) is 5.75 Å². The topological polar surface area (TPSA) is 139 Å². The maximum Gasteiger partial charge on any atom is 0.311 e. The van der Waals surface area contributed by atoms with Crippen molar-refractivity contribution in [3.63, 3.8) is 0 Å². The van der Waals surface area contributed by atoms with Gasteiger partial charge in [0.2, 0.25) is 23.1 Å². The Morgan fingerprint density at radius 2 is 1.34 bits per heavy atom. The Kier molecular flexibility index (Phi) is 10.3. The highest BCUT2D eigenvalue weighted by Gasteiger charge is 2.37. The van der Waals surface area contributed by atoms with Crippen LogP contribution in [0.3, 0.4) is 0 Å². The number of carbonyl (C=O) groups is 4. The van der Waals surface area contributed by atoms with E-state index in [1.165, 1.54) is 45.4 Å². The molecule has 0 saturated heterocycles. The third-order valence-corrected chi connectivity index (χ3v) is 5.56. The smallest absolute Gasteiger partial charge is 0.311 e. The van der Waals surface area contributed by atoms with Crippen LogP contribution >= 0.6 is 0 Å². The fourth-order valence-electron chi connectivity index (χ4n) is 3.69. The number of methoxy groups -OCH3 is 2. The Morgan fingerprint density at radius 1 is 0.829 bits per heavy atom. The second-order valence-corrected chi connectivity index (χ2v) is 7.99. The van der Waals surface area contributed by atoms with Gasteiger partial charge in [-0.25, -0.2) is 0 Å². The van der Waals surface area contributed by atoms with E-state index in [9.17, 15) is 29.3 Å². The average molecular weight is 488 g/mol. The first-order chi connectivity index (χ1) is 16.7. The van der Waals surface area contributed by atoms with Gasteiger partial charge in [-0.15, -0.1) is 0 Å². The van der Waals surface area contributed by atoms with Crippen molar-refractivity contribution in [2.24, 2.45) is 0 Å². The average Bonchev–Trinajstić information content (AvgIpc) is 2.83. The summed E-state index contributed by atoms with van der Waals surface area (Å²) in [5, 5.41) is 10.6. The summed E-state index contributed by atoms with van der Waals surface area (Å²) in [6, 6.07) is 5.32. The fourth-order valence-corrected chi connectivity index (χ4v) is 3.69. The van der Waals surface area contributed by atoms with Gasteiger partial charge < -0.3 is 14.2 Å². The van der Waals surface area contributed by atoms with Gasteiger partial charge in [0.15, 0.2) is 5.78 Å². The van der Waals surface area contributed by atoms with Gasteiger partial charge in [-0.3, -0.25) is 29.3 Å². The van der Waals surface area contributed by atoms with E-state index in [0.29, 0.717) is 12.8 Å². The molecule has 0 spiro atoms. The number of benzene rings is 1. The molecular formula is C25H29NO9. The lowest BCUT2D eigenvalue weighted by Gasteiger charge is -2.19. The lowest BCUT2D eigenvalue weighted by Crippen LogP contribution is -2.28. The molecule has 0 unspecified atom stereocenters. The molecular weight excluding hydrogens is 458 g/mol. The minimum atomic E-state index is -0.632. The van der Waals surface area contributed by atoms with Crippen LogP contribution in [-0.4, -0.2) is 42.5 Å². The third-order valence-electron chi connectivity index (χ3n) is 5.56. The van der Waals surface area contributed by atoms with Gasteiger partial charge in [0.05, 0.1) is 24.7 Å². The molecule has 0 aliphatic heterocycles. The van der Waals surface area contributed by atoms with Crippen molar-refractivity contribution >= 4 is 29.0 Å². The predicted molar refractivity (Wildman–Crippen MR) is 124 cm³/mol. The number of esters is 1. The van der Waals surface area contributed by atoms with Gasteiger partial charge >= 0.3 is 5.97 Å². The second kappa shape index (κ2) is 13.2. The number of carbonyl (C=O) groups excluding carboxylic acids is 4. The Labute approximate surface area is 203 Å². The summed E-state index contributed by atoms with van der Waals surface area (Å²) in [6.45, 7) is 1.44. The molecule has 1 aliphatic carbocycles. The molecule has 0 saturated carbocycles. The van der Waals surface area contributed by atoms with Crippen molar-refractivity contribution in [2.75, 3.05) is 14.2 Å². The van der Waals surface area contributed by atoms with Crippen LogP contribution in [0.25, 0.3) is 0 Å². The zero-order valence-corrected chi connectivity index (χ0v) is 20.1. The lowest BCUT2D eigenvalue weighted by molar-refractivity contribution is -0.384. The molecule has 10 nitrogen and oxygen atoms in total. The van der Waals surface area contributed by atoms with Crippen LogP contribution in [0, 0.1) is 10.1 Å². The largest absolute Gasteiger partial charge is 0.489 e. The number of nitro benzene ring substituents is 1. The molecule has 188 valence electrons. The molecule has 1 aromatic rings. The van der Waals surface area contributed by atoms with Crippen molar-refractivity contribution in [2.45, 2.75) is 58.3 Å². The zero-order chi connectivity index (χ0) is 26.0. The first kappa shape index (κ1) is 27.4. The Bertz CT molecular complexity index is 1050. The molecule has 2 rings (SSSR count). The van der Waals surface area contributed by atoms with Crippen LogP contribution in [0.15, 0.2) is 46.9 Å². The summed E-state index contributed by atoms with van der Waals surface area (Å²) in [7, 11) is 2.51. The summed E-state index contributed by atoms with van der Waals surface area (Å²) in [4.78, 5) is 59.5. The monoisotopic (exact) mass is 487 g/mol. The quantitative estimate of drug-likeness (QED) is 0.0719. The molecule has 0 aromatic heterocycles. The molecule has 1 aromatic carbocycles. The molecule has 0 atom stereocenters. The van der Waals surface area contributed by atoms with E-state index in [1.807, 2.05) is 0 Å². The molecule has 1 aliphatic rings. The highest BCUT2D eigenvalue weighted by Crippen LogP contribution is 2.27. The van der Waals surface area contributed by atoms with E-state index in [4.69, 9.17) is 14.2 Å². The van der Waals surface area contributed by atoms with E-state index in [-0.39, 0.29) is 52.7 Å². The molecule has 0 radical (unpaired) electrons. The molecule has 0 amide bonds. The number of nitrogens with zero attached hydrogens (tertiary/aromatic N) is 1. The van der Waals surface area contributed by atoms with E-state index >= 15 is 0 Å². The Balaban J connectivity index is 1.65. The molecule has 10 heteroatoms. The maximum absolute atomic E-state index is 12.6. The van der Waals surface area contributed by atoms with E-state index in [1.54, 1.807) is 0 Å². The van der Waals surface area contributed by atoms with Gasteiger partial charge in [0, 0.05) is 30.5 Å². The number of hydrogen-bond acceptors (Lipinski definition) is 9. The number of nitro groups is 1. The summed E-state index contributed by atoms with van der Waals surface area (Å²) >= 11 is 0. The van der Waals surface area contributed by atoms with E-state index in [0.717, 1.165) is 25.7 Å². The van der Waals surface area contributed by atoms with Crippen molar-refractivity contribution < 1.29 is 38.3 Å². The van der Waals surface area contributed by atoms with Crippen LogP contribution in [0.5, 0.6) is 5.75 Å². The number of allylic oxidation sites excluding steroid dienone is 2. The molecule has 0 heterocycles. The van der Waals surface area contributed by atoms with Crippen LogP contribution in [-0.2, 0) is 28.7 Å². The van der Waals surface area contributed by atoms with Gasteiger partial charge in [-0.1, -0.05) is 25.7 Å². The number of ether oxygens (including phenoxy) is 3. The Morgan fingerprint density at radius 3 is 1.89 bits per heavy atom. The number of ketones is 3. The van der Waals surface area contributed by atoms with E-state index in [2.05, 4.69) is 0 Å². The van der Waals surface area contributed by atoms with Gasteiger partial charge in [0.25, 0.3) is 5.69 Å². The molecule has 0 bridgehead atoms. The molecule has 35 heavy (non-hydrogen) atoms. The van der Waals surface area contributed by atoms with Crippen molar-refractivity contribution in [1.82, 2.24) is 0 Å². The molecule has 0 fully saturated rings. The SMILES string of the molecule is COC1=C(OC)C(=O)C(C(=O)CCCCCCCCC(=O)Oc2ccc([N+](=O)[O-])cc2)=C(C)C1=O. The van der Waals surface area contributed by atoms with Gasteiger partial charge in [0.1, 0.15) is 5.75 Å². The number of Topliss-reactive ketones (excluding diaryl/α,β-unsaturated/α-hetero) is 3. The van der Waals surface area contributed by atoms with Crippen molar-refractivity contribution in [3.05, 3.63) is 57.0 Å². The van der Waals surface area contributed by atoms with Crippen LogP contribution < -0.4 is 4.74 Å². The van der Waals surface area contributed by atoms with Gasteiger partial charge in [-0.2, -0.15) is 0 Å². The first-order valence-corrected chi connectivity index (χ1v) is 11.3. The normalized spacial score (nSPS) is 13.7. The summed E-state index contributed by atoms with van der Waals surface area (Å²) in [5.41, 5.74) is -0.147. The highest BCUT2D eigenvalue weighted by atomic mass is 16.6. The first-order valence-electron chi connectivity index (χ1n) is 11.3. The van der Waals surface area contributed by atoms with Crippen molar-refractivity contribution in [1.29, 1.82) is 0 Å². The highest BCUT2D eigenvalue weighted by molar-refractivity contribution is 6.34. The fraction of sp³-hybridized carbons (Fsp3) is 0.440. The van der Waals surface area contributed by atoms with Crippen LogP contribution in [0.1, 0.15) is 58.3 Å².